The number of rotatable bonds is 7. The van der Waals surface area contributed by atoms with Gasteiger partial charge in [0.25, 0.3) is 0 Å². The van der Waals surface area contributed by atoms with Crippen molar-refractivity contribution in [3.05, 3.63) is 0 Å². The first-order valence-electron chi connectivity index (χ1n) is 16.6. The Kier molecular flexibility index (Phi) is 8.69. The van der Waals surface area contributed by atoms with Gasteiger partial charge >= 0.3 is 5.97 Å². The van der Waals surface area contributed by atoms with Crippen LogP contribution in [0.5, 0.6) is 0 Å². The first kappa shape index (κ1) is 31.0. The Hall–Kier alpha value is -0.473. The fourth-order valence-corrected chi connectivity index (χ4v) is 10.8. The summed E-state index contributed by atoms with van der Waals surface area (Å²) < 4.78 is 26.2. The Morgan fingerprint density at radius 3 is 2.25 bits per heavy atom. The van der Waals surface area contributed by atoms with E-state index in [9.17, 15) is 4.79 Å². The quantitative estimate of drug-likeness (QED) is 0.236. The Balaban J connectivity index is 1.41. The summed E-state index contributed by atoms with van der Waals surface area (Å²) in [4.78, 5) is 15.3. The van der Waals surface area contributed by atoms with Crippen molar-refractivity contribution in [1.82, 2.24) is 4.90 Å². The van der Waals surface area contributed by atoms with E-state index in [1.165, 1.54) is 38.9 Å². The molecule has 3 saturated carbocycles. The molecule has 5 fully saturated rings. The largest absolute Gasteiger partial charge is 0.462 e. The Morgan fingerprint density at radius 1 is 0.975 bits per heavy atom. The lowest BCUT2D eigenvalue weighted by Gasteiger charge is -2.58. The first-order chi connectivity index (χ1) is 18.7. The summed E-state index contributed by atoms with van der Waals surface area (Å²) in [6, 6.07) is 0. The summed E-state index contributed by atoms with van der Waals surface area (Å²) >= 11 is 0. The van der Waals surface area contributed by atoms with E-state index in [-0.39, 0.29) is 33.9 Å². The molecule has 0 aromatic carbocycles. The number of hydrogen-bond acceptors (Lipinski definition) is 6. The van der Waals surface area contributed by atoms with Gasteiger partial charge in [-0.1, -0.05) is 34.6 Å². The standard InChI is InChI=1S/C33H59NO5Si/c1-24(35)38-29-27(12-16-32(6)28(29)13-17-33(32)36-21-22-37-33)31(5)15-11-26(39-40(7,8)30(2,3)4)23-25(31)14-20-34-18-9-10-19-34/h25-29H,9-23H2,1-8H3/t25-,26-,27+,28+,29+,31-,32-/m0/s1. The highest BCUT2D eigenvalue weighted by molar-refractivity contribution is 6.74. The number of likely N-dealkylation sites (tertiary alicyclic amines) is 1. The number of fused-ring (bicyclic) bond motifs is 2. The minimum absolute atomic E-state index is 0.0689. The zero-order valence-corrected chi connectivity index (χ0v) is 28.0. The van der Waals surface area contributed by atoms with Crippen molar-refractivity contribution in [2.75, 3.05) is 32.8 Å². The van der Waals surface area contributed by atoms with Gasteiger partial charge in [0.15, 0.2) is 14.1 Å². The Morgan fingerprint density at radius 2 is 1.62 bits per heavy atom. The number of nitrogens with zero attached hydrogens (tertiary/aromatic N) is 1. The molecule has 0 unspecified atom stereocenters. The van der Waals surface area contributed by atoms with Crippen LogP contribution < -0.4 is 0 Å². The molecule has 0 radical (unpaired) electrons. The number of esters is 1. The minimum Gasteiger partial charge on any atom is -0.462 e. The van der Waals surface area contributed by atoms with Crippen molar-refractivity contribution in [1.29, 1.82) is 0 Å². The summed E-state index contributed by atoms with van der Waals surface area (Å²) in [5.41, 5.74) is 0.0196. The molecule has 1 spiro atoms. The lowest BCUT2D eigenvalue weighted by molar-refractivity contribution is -0.252. The highest BCUT2D eigenvalue weighted by atomic mass is 28.4. The molecule has 0 amide bonds. The molecule has 3 aliphatic carbocycles. The third-order valence-corrected chi connectivity index (χ3v) is 17.4. The third kappa shape index (κ3) is 5.49. The molecule has 7 heteroatoms. The van der Waals surface area contributed by atoms with Crippen LogP contribution >= 0.6 is 0 Å². The van der Waals surface area contributed by atoms with E-state index in [2.05, 4.69) is 52.6 Å². The molecule has 5 rings (SSSR count). The molecule has 0 N–H and O–H groups in total. The van der Waals surface area contributed by atoms with Crippen molar-refractivity contribution in [3.63, 3.8) is 0 Å². The molecule has 5 aliphatic rings. The van der Waals surface area contributed by atoms with E-state index in [1.54, 1.807) is 6.92 Å². The van der Waals surface area contributed by atoms with Crippen LogP contribution in [0.2, 0.25) is 18.1 Å². The van der Waals surface area contributed by atoms with Gasteiger partial charge in [0.2, 0.25) is 0 Å². The van der Waals surface area contributed by atoms with Crippen LogP contribution in [0.3, 0.4) is 0 Å². The van der Waals surface area contributed by atoms with E-state index >= 15 is 0 Å². The van der Waals surface area contributed by atoms with Gasteiger partial charge in [-0.2, -0.15) is 0 Å². The van der Waals surface area contributed by atoms with Crippen LogP contribution in [-0.2, 0) is 23.4 Å². The lowest BCUT2D eigenvalue weighted by atomic mass is 9.51. The van der Waals surface area contributed by atoms with Gasteiger partial charge in [0, 0.05) is 36.7 Å². The zero-order chi connectivity index (χ0) is 29.0. The predicted octanol–water partition coefficient (Wildman–Crippen LogP) is 7.17. The normalized spacial score (nSPS) is 40.5. The maximum absolute atomic E-state index is 12.6. The Bertz CT molecular complexity index is 907. The van der Waals surface area contributed by atoms with Gasteiger partial charge in [-0.25, -0.2) is 0 Å². The molecular formula is C33H59NO5Si. The van der Waals surface area contributed by atoms with Gasteiger partial charge in [-0.05, 0) is 107 Å². The highest BCUT2D eigenvalue weighted by Crippen LogP contribution is 2.65. The molecule has 2 aliphatic heterocycles. The summed E-state index contributed by atoms with van der Waals surface area (Å²) in [5, 5.41) is 0.218. The second-order valence-corrected chi connectivity index (χ2v) is 20.8. The fourth-order valence-electron chi connectivity index (χ4n) is 9.39. The average molecular weight is 578 g/mol. The molecule has 230 valence electrons. The number of carbonyl (C=O) groups is 1. The van der Waals surface area contributed by atoms with Crippen LogP contribution in [0.4, 0.5) is 0 Å². The minimum atomic E-state index is -1.85. The fraction of sp³-hybridized carbons (Fsp3) is 0.970. The van der Waals surface area contributed by atoms with E-state index in [0.717, 1.165) is 44.9 Å². The topological polar surface area (TPSA) is 57.2 Å². The second kappa shape index (κ2) is 11.2. The first-order valence-corrected chi connectivity index (χ1v) is 19.5. The third-order valence-electron chi connectivity index (χ3n) is 12.9. The van der Waals surface area contributed by atoms with Crippen molar-refractivity contribution >= 4 is 14.3 Å². The molecule has 0 aromatic rings. The van der Waals surface area contributed by atoms with E-state index in [1.807, 2.05) is 0 Å². The SMILES string of the molecule is CC(=O)O[C@@H]1[C@H]([C@@]2(C)CC[C@H](O[Si](C)(C)C(C)(C)C)C[C@@H]2CCN2CCCC2)CC[C@@]2(C)[C@@H]1CCC21OCCO1. The smallest absolute Gasteiger partial charge is 0.302 e. The van der Waals surface area contributed by atoms with Gasteiger partial charge in [-0.15, -0.1) is 0 Å². The zero-order valence-electron chi connectivity index (χ0n) is 27.0. The lowest BCUT2D eigenvalue weighted by Crippen LogP contribution is -2.58. The van der Waals surface area contributed by atoms with E-state index in [4.69, 9.17) is 18.6 Å². The molecule has 2 saturated heterocycles. The van der Waals surface area contributed by atoms with E-state index < -0.39 is 14.1 Å². The maximum Gasteiger partial charge on any atom is 0.302 e. The van der Waals surface area contributed by atoms with Crippen molar-refractivity contribution < 1.29 is 23.4 Å². The predicted molar refractivity (Wildman–Crippen MR) is 162 cm³/mol. The molecule has 0 aromatic heterocycles. The van der Waals surface area contributed by atoms with Gasteiger partial charge in [-0.3, -0.25) is 4.79 Å². The molecule has 2 heterocycles. The molecule has 40 heavy (non-hydrogen) atoms. The second-order valence-electron chi connectivity index (χ2n) is 16.0. The van der Waals surface area contributed by atoms with Crippen LogP contribution in [0.15, 0.2) is 0 Å². The molecule has 7 atom stereocenters. The van der Waals surface area contributed by atoms with E-state index in [0.29, 0.717) is 31.2 Å². The van der Waals surface area contributed by atoms with Crippen molar-refractivity contribution in [2.45, 2.75) is 142 Å². The van der Waals surface area contributed by atoms with Crippen LogP contribution in [-0.4, -0.2) is 70.0 Å². The number of carbonyl (C=O) groups excluding carboxylic acids is 1. The van der Waals surface area contributed by atoms with Crippen molar-refractivity contribution in [3.8, 4) is 0 Å². The van der Waals surface area contributed by atoms with Crippen molar-refractivity contribution in [2.24, 2.45) is 28.6 Å². The molecular weight excluding hydrogens is 518 g/mol. The van der Waals surface area contributed by atoms with Gasteiger partial charge < -0.3 is 23.5 Å². The summed E-state index contributed by atoms with van der Waals surface area (Å²) in [6.45, 7) is 23.4. The molecule has 0 bridgehead atoms. The van der Waals surface area contributed by atoms with Crippen LogP contribution in [0.25, 0.3) is 0 Å². The van der Waals surface area contributed by atoms with Gasteiger partial charge in [0.1, 0.15) is 6.10 Å². The summed E-state index contributed by atoms with van der Waals surface area (Å²) in [6.07, 6.45) is 11.6. The van der Waals surface area contributed by atoms with Crippen LogP contribution in [0.1, 0.15) is 106 Å². The van der Waals surface area contributed by atoms with Crippen LogP contribution in [0, 0.1) is 28.6 Å². The molecule has 6 nitrogen and oxygen atoms in total. The average Bonchev–Trinajstić information content (AvgIpc) is 3.61. The number of hydrogen-bond donors (Lipinski definition) is 0. The summed E-state index contributed by atoms with van der Waals surface area (Å²) in [5.74, 6) is 0.583. The highest BCUT2D eigenvalue weighted by Gasteiger charge is 2.67. The summed E-state index contributed by atoms with van der Waals surface area (Å²) in [7, 11) is -1.85. The van der Waals surface area contributed by atoms with Gasteiger partial charge in [0.05, 0.1) is 13.2 Å². The Labute approximate surface area is 245 Å². The maximum atomic E-state index is 12.6. The monoisotopic (exact) mass is 577 g/mol. The number of ether oxygens (including phenoxy) is 3.